The number of nitrogens with zero attached hydrogens (tertiary/aromatic N) is 4. The minimum absolute atomic E-state index is 0.134. The molecule has 4 heterocycles. The number of amides is 1. The van der Waals surface area contributed by atoms with Crippen LogP contribution in [0.1, 0.15) is 42.1 Å². The normalized spacial score (nSPS) is 27.8. The molecule has 0 N–H and O–H groups in total. The average Bonchev–Trinajstić information content (AvgIpc) is 3.14. The molecule has 1 amide bonds. The molecule has 108 valence electrons. The van der Waals surface area contributed by atoms with E-state index >= 15 is 0 Å². The van der Waals surface area contributed by atoms with Crippen LogP contribution in [0.25, 0.3) is 0 Å². The topological polar surface area (TPSA) is 51.0 Å². The minimum atomic E-state index is 0.134. The molecule has 21 heavy (non-hydrogen) atoms. The Morgan fingerprint density at radius 3 is 2.52 bits per heavy atom. The number of carbonyl (C=O) groups excluding carboxylic acids is 1. The number of rotatable bonds is 2. The van der Waals surface area contributed by atoms with Gasteiger partial charge in [-0.3, -0.25) is 14.5 Å². The second kappa shape index (κ2) is 4.98. The summed E-state index contributed by atoms with van der Waals surface area (Å²) in [4.78, 5) is 18.9. The highest BCUT2D eigenvalue weighted by molar-refractivity contribution is 5.94. The van der Waals surface area contributed by atoms with Gasteiger partial charge in [0.25, 0.3) is 5.91 Å². The maximum absolute atomic E-state index is 12.7. The molecule has 0 radical (unpaired) electrons. The third-order valence-corrected chi connectivity index (χ3v) is 4.75. The average molecular weight is 282 g/mol. The van der Waals surface area contributed by atoms with Gasteiger partial charge in [-0.2, -0.15) is 5.10 Å². The molecule has 2 aromatic heterocycles. The third kappa shape index (κ3) is 2.13. The Hall–Kier alpha value is -2.17. The van der Waals surface area contributed by atoms with E-state index in [-0.39, 0.29) is 5.91 Å². The molecule has 0 spiro atoms. The molecule has 2 atom stereocenters. The van der Waals surface area contributed by atoms with Crippen LogP contribution in [-0.2, 0) is 0 Å². The molecule has 0 saturated carbocycles. The van der Waals surface area contributed by atoms with Gasteiger partial charge in [0.2, 0.25) is 0 Å². The molecule has 2 fully saturated rings. The predicted octanol–water partition coefficient (Wildman–Crippen LogP) is 2.29. The lowest BCUT2D eigenvalue weighted by Crippen LogP contribution is -2.47. The molecule has 5 nitrogen and oxygen atoms in total. The molecule has 2 aliphatic rings. The van der Waals surface area contributed by atoms with E-state index in [1.165, 1.54) is 0 Å². The highest BCUT2D eigenvalue weighted by atomic mass is 16.2. The van der Waals surface area contributed by atoms with Crippen molar-refractivity contribution in [3.05, 3.63) is 48.5 Å². The zero-order valence-electron chi connectivity index (χ0n) is 11.8. The summed E-state index contributed by atoms with van der Waals surface area (Å²) in [7, 11) is 0. The molecule has 2 saturated heterocycles. The first-order valence-corrected chi connectivity index (χ1v) is 7.55. The molecule has 2 aromatic rings. The van der Waals surface area contributed by atoms with E-state index in [4.69, 9.17) is 0 Å². The van der Waals surface area contributed by atoms with Gasteiger partial charge in [0, 0.05) is 36.9 Å². The van der Waals surface area contributed by atoms with Gasteiger partial charge in [-0.15, -0.1) is 0 Å². The largest absolute Gasteiger partial charge is 0.332 e. The Balaban J connectivity index is 1.56. The van der Waals surface area contributed by atoms with Crippen LogP contribution in [0.15, 0.2) is 43.0 Å². The Kier molecular flexibility index (Phi) is 2.98. The molecule has 2 unspecified atom stereocenters. The second-order valence-corrected chi connectivity index (χ2v) is 5.95. The van der Waals surface area contributed by atoms with E-state index in [0.29, 0.717) is 23.7 Å². The van der Waals surface area contributed by atoms with E-state index in [2.05, 4.69) is 19.7 Å². The van der Waals surface area contributed by atoms with Crippen LogP contribution < -0.4 is 0 Å². The Bertz CT molecular complexity index is 611. The van der Waals surface area contributed by atoms with Crippen LogP contribution in [0.4, 0.5) is 0 Å². The molecule has 2 aliphatic heterocycles. The standard InChI is InChI=1S/C16H18N4O/c21-16(12-3-1-6-17-11-12)20-13-4-5-14(20)10-15(9-13)19-8-2-7-18-19/h1-3,6-8,11,13-15H,4-5,9-10H2. The first kappa shape index (κ1) is 12.6. The van der Waals surface area contributed by atoms with Crippen molar-refractivity contribution in [1.29, 1.82) is 0 Å². The van der Waals surface area contributed by atoms with Crippen LogP contribution in [0.2, 0.25) is 0 Å². The van der Waals surface area contributed by atoms with Crippen LogP contribution >= 0.6 is 0 Å². The lowest BCUT2D eigenvalue weighted by atomic mass is 9.96. The van der Waals surface area contributed by atoms with Gasteiger partial charge in [0.15, 0.2) is 0 Å². The highest BCUT2D eigenvalue weighted by Gasteiger charge is 2.44. The Morgan fingerprint density at radius 1 is 1.10 bits per heavy atom. The fourth-order valence-corrected chi connectivity index (χ4v) is 3.83. The second-order valence-electron chi connectivity index (χ2n) is 5.95. The fraction of sp³-hybridized carbons (Fsp3) is 0.438. The number of hydrogen-bond acceptors (Lipinski definition) is 3. The van der Waals surface area contributed by atoms with E-state index in [0.717, 1.165) is 25.7 Å². The quantitative estimate of drug-likeness (QED) is 0.849. The number of carbonyl (C=O) groups is 1. The maximum atomic E-state index is 12.7. The van der Waals surface area contributed by atoms with Gasteiger partial charge in [0.1, 0.15) is 0 Å². The molecule has 0 aromatic carbocycles. The molecular weight excluding hydrogens is 264 g/mol. The molecule has 2 bridgehead atoms. The summed E-state index contributed by atoms with van der Waals surface area (Å²) in [6, 6.07) is 6.75. The van der Waals surface area contributed by atoms with Gasteiger partial charge in [-0.25, -0.2) is 0 Å². The fourth-order valence-electron chi connectivity index (χ4n) is 3.83. The first-order valence-electron chi connectivity index (χ1n) is 7.55. The lowest BCUT2D eigenvalue weighted by molar-refractivity contribution is 0.0524. The van der Waals surface area contributed by atoms with Crippen molar-refractivity contribution in [1.82, 2.24) is 19.7 Å². The van der Waals surface area contributed by atoms with Crippen molar-refractivity contribution in [3.8, 4) is 0 Å². The van der Waals surface area contributed by atoms with Crippen molar-refractivity contribution in [2.75, 3.05) is 0 Å². The van der Waals surface area contributed by atoms with Gasteiger partial charge in [0.05, 0.1) is 11.6 Å². The van der Waals surface area contributed by atoms with Crippen molar-refractivity contribution in [2.45, 2.75) is 43.8 Å². The van der Waals surface area contributed by atoms with Gasteiger partial charge in [-0.05, 0) is 43.9 Å². The first-order chi connectivity index (χ1) is 10.3. The summed E-state index contributed by atoms with van der Waals surface area (Å²) in [5.41, 5.74) is 0.701. The van der Waals surface area contributed by atoms with Gasteiger partial charge >= 0.3 is 0 Å². The van der Waals surface area contributed by atoms with E-state index in [9.17, 15) is 4.79 Å². The zero-order valence-corrected chi connectivity index (χ0v) is 11.8. The molecule has 0 aliphatic carbocycles. The monoisotopic (exact) mass is 282 g/mol. The van der Waals surface area contributed by atoms with Crippen molar-refractivity contribution < 1.29 is 4.79 Å². The van der Waals surface area contributed by atoms with Crippen molar-refractivity contribution in [2.24, 2.45) is 0 Å². The van der Waals surface area contributed by atoms with Crippen LogP contribution in [0.5, 0.6) is 0 Å². The van der Waals surface area contributed by atoms with E-state index < -0.39 is 0 Å². The molecule has 4 rings (SSSR count). The summed E-state index contributed by atoms with van der Waals surface area (Å²) < 4.78 is 2.05. The minimum Gasteiger partial charge on any atom is -0.332 e. The summed E-state index contributed by atoms with van der Waals surface area (Å²) in [6.07, 6.45) is 11.5. The summed E-state index contributed by atoms with van der Waals surface area (Å²) >= 11 is 0. The summed E-state index contributed by atoms with van der Waals surface area (Å²) in [5, 5.41) is 4.37. The Morgan fingerprint density at radius 2 is 1.90 bits per heavy atom. The summed E-state index contributed by atoms with van der Waals surface area (Å²) in [6.45, 7) is 0. The number of pyridine rings is 1. The van der Waals surface area contributed by atoms with Crippen LogP contribution in [0.3, 0.4) is 0 Å². The number of aromatic nitrogens is 3. The number of fused-ring (bicyclic) bond motifs is 2. The molecule has 5 heteroatoms. The van der Waals surface area contributed by atoms with Gasteiger partial charge in [-0.1, -0.05) is 0 Å². The number of hydrogen-bond donors (Lipinski definition) is 0. The number of piperidine rings is 1. The summed E-state index contributed by atoms with van der Waals surface area (Å²) in [5.74, 6) is 0.134. The SMILES string of the molecule is O=C(c1cccnc1)N1C2CCC1CC(n1cccn1)C2. The Labute approximate surface area is 123 Å². The lowest BCUT2D eigenvalue weighted by Gasteiger charge is -2.39. The van der Waals surface area contributed by atoms with E-state index in [1.54, 1.807) is 12.4 Å². The van der Waals surface area contributed by atoms with Crippen molar-refractivity contribution >= 4 is 5.91 Å². The zero-order chi connectivity index (χ0) is 14.2. The smallest absolute Gasteiger partial charge is 0.255 e. The predicted molar refractivity (Wildman–Crippen MR) is 77.7 cm³/mol. The maximum Gasteiger partial charge on any atom is 0.255 e. The van der Waals surface area contributed by atoms with Crippen LogP contribution in [0, 0.1) is 0 Å². The van der Waals surface area contributed by atoms with E-state index in [1.807, 2.05) is 30.6 Å². The van der Waals surface area contributed by atoms with Crippen LogP contribution in [-0.4, -0.2) is 37.7 Å². The van der Waals surface area contributed by atoms with Gasteiger partial charge < -0.3 is 4.90 Å². The van der Waals surface area contributed by atoms with Crippen molar-refractivity contribution in [3.63, 3.8) is 0 Å². The molecular formula is C16H18N4O. The third-order valence-electron chi connectivity index (χ3n) is 4.75. The highest BCUT2D eigenvalue weighted by Crippen LogP contribution is 2.41.